The van der Waals surface area contributed by atoms with Gasteiger partial charge >= 0.3 is 0 Å². The van der Waals surface area contributed by atoms with E-state index in [0.29, 0.717) is 10.6 Å². The molecule has 0 spiro atoms. The summed E-state index contributed by atoms with van der Waals surface area (Å²) in [4.78, 5) is 29.7. The first-order valence-electron chi connectivity index (χ1n) is 11.0. The van der Waals surface area contributed by atoms with Gasteiger partial charge < -0.3 is 9.73 Å². The van der Waals surface area contributed by atoms with Gasteiger partial charge in [0, 0.05) is 16.8 Å². The molecule has 0 unspecified atom stereocenters. The first-order chi connectivity index (χ1) is 17.1. The van der Waals surface area contributed by atoms with Gasteiger partial charge in [-0.25, -0.2) is 4.39 Å². The Kier molecular flexibility index (Phi) is 6.41. The van der Waals surface area contributed by atoms with Gasteiger partial charge in [-0.15, -0.1) is 11.3 Å². The lowest BCUT2D eigenvalue weighted by Crippen LogP contribution is -2.43. The monoisotopic (exact) mass is 484 g/mol. The number of thiophene rings is 1. The molecular weight excluding hydrogens is 463 g/mol. The second-order valence-electron chi connectivity index (χ2n) is 7.91. The third kappa shape index (κ3) is 4.72. The van der Waals surface area contributed by atoms with Gasteiger partial charge in [-0.1, -0.05) is 54.6 Å². The summed E-state index contributed by atoms with van der Waals surface area (Å²) in [6, 6.07) is 25.3. The lowest BCUT2D eigenvalue weighted by molar-refractivity contribution is -0.122. The molecule has 7 heteroatoms. The average Bonchev–Trinajstić information content (AvgIpc) is 3.61. The fourth-order valence-corrected chi connectivity index (χ4v) is 4.82. The normalized spacial score (nSPS) is 11.8. The van der Waals surface area contributed by atoms with E-state index < -0.39 is 11.9 Å². The van der Waals surface area contributed by atoms with Crippen molar-refractivity contribution in [3.63, 3.8) is 0 Å². The second-order valence-corrected chi connectivity index (χ2v) is 8.89. The number of hydrogen-bond acceptors (Lipinski definition) is 4. The number of anilines is 1. The Labute approximate surface area is 205 Å². The molecular formula is C28H21FN2O3S. The number of benzene rings is 3. The van der Waals surface area contributed by atoms with Gasteiger partial charge in [0.15, 0.2) is 11.8 Å². The summed E-state index contributed by atoms with van der Waals surface area (Å²) in [6.07, 6.45) is 1.43. The fraction of sp³-hybridized carbons (Fsp3) is 0.0714. The molecule has 0 saturated carbocycles. The third-order valence-corrected chi connectivity index (χ3v) is 6.60. The van der Waals surface area contributed by atoms with Gasteiger partial charge in [0.25, 0.3) is 5.91 Å². The van der Waals surface area contributed by atoms with Crippen molar-refractivity contribution in [2.45, 2.75) is 12.6 Å². The highest BCUT2D eigenvalue weighted by Crippen LogP contribution is 2.36. The zero-order chi connectivity index (χ0) is 24.2. The number of nitrogens with one attached hydrogen (secondary N) is 1. The maximum absolute atomic E-state index is 13.8. The van der Waals surface area contributed by atoms with E-state index in [0.717, 1.165) is 16.3 Å². The van der Waals surface area contributed by atoms with E-state index in [1.54, 1.807) is 24.3 Å². The van der Waals surface area contributed by atoms with Crippen LogP contribution in [-0.4, -0.2) is 11.8 Å². The molecule has 0 aliphatic heterocycles. The molecule has 0 radical (unpaired) electrons. The van der Waals surface area contributed by atoms with Crippen LogP contribution in [0.25, 0.3) is 10.8 Å². The maximum Gasteiger partial charge on any atom is 0.295 e. The Morgan fingerprint density at radius 3 is 2.46 bits per heavy atom. The van der Waals surface area contributed by atoms with Crippen molar-refractivity contribution in [3.05, 3.63) is 125 Å². The summed E-state index contributed by atoms with van der Waals surface area (Å²) >= 11 is 1.39. The molecule has 2 heterocycles. The van der Waals surface area contributed by atoms with E-state index in [2.05, 4.69) is 5.32 Å². The quantitative estimate of drug-likeness (QED) is 0.293. The Morgan fingerprint density at radius 1 is 0.914 bits per heavy atom. The van der Waals surface area contributed by atoms with E-state index in [1.165, 1.54) is 34.6 Å². The number of hydrogen-bond donors (Lipinski definition) is 1. The van der Waals surface area contributed by atoms with Crippen molar-refractivity contribution < 1.29 is 18.4 Å². The third-order valence-electron chi connectivity index (χ3n) is 5.68. The topological polar surface area (TPSA) is 62.6 Å². The maximum atomic E-state index is 13.8. The standard InChI is InChI=1S/C28H21FN2O3S/c29-21-14-12-19(13-15-21)18-30-27(32)26(25-11-5-17-35-25)31(28(33)24-10-4-16-34-24)23-9-3-7-20-6-1-2-8-22(20)23/h1-17,26H,18H2,(H,30,32)/t26-/m0/s1. The zero-order valence-electron chi connectivity index (χ0n) is 18.6. The summed E-state index contributed by atoms with van der Waals surface area (Å²) in [5.74, 6) is -1.00. The van der Waals surface area contributed by atoms with Crippen LogP contribution < -0.4 is 10.2 Å². The SMILES string of the molecule is O=C(NCc1ccc(F)cc1)[C@H](c1cccs1)N(C(=O)c1ccco1)c1cccc2ccccc12. The molecule has 0 aliphatic rings. The molecule has 0 fully saturated rings. The molecule has 2 aromatic heterocycles. The van der Waals surface area contributed by atoms with E-state index in [1.807, 2.05) is 60.0 Å². The number of furan rings is 1. The van der Waals surface area contributed by atoms with Crippen LogP contribution in [-0.2, 0) is 11.3 Å². The number of carbonyl (C=O) groups is 2. The van der Waals surface area contributed by atoms with Gasteiger partial charge in [-0.2, -0.15) is 0 Å². The molecule has 3 aromatic carbocycles. The van der Waals surface area contributed by atoms with E-state index in [9.17, 15) is 14.0 Å². The summed E-state index contributed by atoms with van der Waals surface area (Å²) in [7, 11) is 0. The lowest BCUT2D eigenvalue weighted by Gasteiger charge is -2.31. The predicted octanol–water partition coefficient (Wildman–Crippen LogP) is 6.34. The predicted molar refractivity (Wildman–Crippen MR) is 135 cm³/mol. The molecule has 0 bridgehead atoms. The number of carbonyl (C=O) groups excluding carboxylic acids is 2. The van der Waals surface area contributed by atoms with Crippen molar-refractivity contribution in [3.8, 4) is 0 Å². The molecule has 5 nitrogen and oxygen atoms in total. The number of nitrogens with zero attached hydrogens (tertiary/aromatic N) is 1. The molecule has 2 amide bonds. The van der Waals surface area contributed by atoms with Crippen LogP contribution in [0.3, 0.4) is 0 Å². The highest BCUT2D eigenvalue weighted by atomic mass is 32.1. The Balaban J connectivity index is 1.59. The van der Waals surface area contributed by atoms with Crippen molar-refractivity contribution in [2.24, 2.45) is 0 Å². The highest BCUT2D eigenvalue weighted by molar-refractivity contribution is 7.10. The molecule has 5 aromatic rings. The van der Waals surface area contributed by atoms with Crippen molar-refractivity contribution in [1.29, 1.82) is 0 Å². The van der Waals surface area contributed by atoms with Crippen molar-refractivity contribution in [1.82, 2.24) is 5.32 Å². The average molecular weight is 485 g/mol. The number of halogens is 1. The largest absolute Gasteiger partial charge is 0.459 e. The van der Waals surface area contributed by atoms with Gasteiger partial charge in [-0.05, 0) is 52.7 Å². The Hall–Kier alpha value is -4.23. The molecule has 174 valence electrons. The summed E-state index contributed by atoms with van der Waals surface area (Å²) in [6.45, 7) is 0.194. The van der Waals surface area contributed by atoms with E-state index in [4.69, 9.17) is 4.42 Å². The second kappa shape index (κ2) is 9.95. The molecule has 1 atom stereocenters. The van der Waals surface area contributed by atoms with Gasteiger partial charge in [0.1, 0.15) is 5.82 Å². The number of fused-ring (bicyclic) bond motifs is 1. The fourth-order valence-electron chi connectivity index (χ4n) is 4.01. The first-order valence-corrected chi connectivity index (χ1v) is 11.9. The van der Waals surface area contributed by atoms with Crippen LogP contribution in [0.1, 0.15) is 27.0 Å². The Bertz CT molecular complexity index is 1440. The van der Waals surface area contributed by atoms with E-state index in [-0.39, 0.29) is 24.0 Å². The minimum Gasteiger partial charge on any atom is -0.459 e. The smallest absolute Gasteiger partial charge is 0.295 e. The van der Waals surface area contributed by atoms with Gasteiger partial charge in [-0.3, -0.25) is 14.5 Å². The lowest BCUT2D eigenvalue weighted by atomic mass is 10.0. The summed E-state index contributed by atoms with van der Waals surface area (Å²) in [5, 5.41) is 6.57. The molecule has 0 aliphatic carbocycles. The molecule has 35 heavy (non-hydrogen) atoms. The van der Waals surface area contributed by atoms with Crippen LogP contribution in [0.4, 0.5) is 10.1 Å². The summed E-state index contributed by atoms with van der Waals surface area (Å²) < 4.78 is 18.7. The van der Waals surface area contributed by atoms with Crippen LogP contribution in [0.5, 0.6) is 0 Å². The van der Waals surface area contributed by atoms with Gasteiger partial charge in [0.05, 0.1) is 12.0 Å². The number of amides is 2. The minimum absolute atomic E-state index is 0.130. The van der Waals surface area contributed by atoms with Crippen molar-refractivity contribution >= 4 is 39.6 Å². The van der Waals surface area contributed by atoms with Gasteiger partial charge in [0.2, 0.25) is 5.91 Å². The van der Waals surface area contributed by atoms with Crippen molar-refractivity contribution in [2.75, 3.05) is 4.90 Å². The van der Waals surface area contributed by atoms with Crippen LogP contribution in [0.2, 0.25) is 0 Å². The molecule has 1 N–H and O–H groups in total. The summed E-state index contributed by atoms with van der Waals surface area (Å²) in [5.41, 5.74) is 1.35. The highest BCUT2D eigenvalue weighted by Gasteiger charge is 2.35. The van der Waals surface area contributed by atoms with E-state index >= 15 is 0 Å². The number of rotatable bonds is 7. The van der Waals surface area contributed by atoms with Crippen LogP contribution >= 0.6 is 11.3 Å². The first kappa shape index (κ1) is 22.6. The zero-order valence-corrected chi connectivity index (χ0v) is 19.4. The molecule has 0 saturated heterocycles. The van der Waals surface area contributed by atoms with Crippen LogP contribution in [0, 0.1) is 5.82 Å². The minimum atomic E-state index is -0.946. The van der Waals surface area contributed by atoms with Crippen LogP contribution in [0.15, 0.2) is 107 Å². The molecule has 5 rings (SSSR count). The Morgan fingerprint density at radius 2 is 1.71 bits per heavy atom.